The van der Waals surface area contributed by atoms with E-state index in [2.05, 4.69) is 6.92 Å². The smallest absolute Gasteiger partial charge is 0.182 e. The summed E-state index contributed by atoms with van der Waals surface area (Å²) in [7, 11) is 5.70. The van der Waals surface area contributed by atoms with Crippen LogP contribution in [0, 0.1) is 11.3 Å². The molecule has 1 nitrogen and oxygen atoms in total. The largest absolute Gasteiger partial charge is 0.353 e. The molecular weight excluding hydrogens is 133 g/mol. The van der Waals surface area contributed by atoms with Gasteiger partial charge in [-0.3, -0.25) is 0 Å². The Kier molecular flexibility index (Phi) is 1.75. The lowest BCUT2D eigenvalue weighted by Crippen LogP contribution is -2.45. The van der Waals surface area contributed by atoms with Gasteiger partial charge in [-0.25, -0.2) is 0 Å². The fourth-order valence-corrected chi connectivity index (χ4v) is 2.83. The number of nitrogens with zero attached hydrogens (tertiary/aromatic N) is 1. The number of hydrogen-bond donors (Lipinski definition) is 0. The van der Waals surface area contributed by atoms with Gasteiger partial charge in [0.05, 0.1) is 0 Å². The molecule has 0 bridgehead atoms. The van der Waals surface area contributed by atoms with E-state index >= 15 is 0 Å². The van der Waals surface area contributed by atoms with Crippen LogP contribution < -0.4 is 0 Å². The average Bonchev–Trinajstić information content (AvgIpc) is 1.92. The van der Waals surface area contributed by atoms with E-state index in [4.69, 9.17) is 7.98 Å². The number of piperidine rings is 1. The Morgan fingerprint density at radius 3 is 2.27 bits per heavy atom. The second kappa shape index (κ2) is 2.51. The summed E-state index contributed by atoms with van der Waals surface area (Å²) in [6.07, 6.45) is 5.60. The fourth-order valence-electron chi connectivity index (χ4n) is 2.83. The van der Waals surface area contributed by atoms with Gasteiger partial charge in [-0.15, -0.1) is 0 Å². The Morgan fingerprint density at radius 1 is 1.27 bits per heavy atom. The van der Waals surface area contributed by atoms with Crippen molar-refractivity contribution in [2.24, 2.45) is 11.3 Å². The van der Waals surface area contributed by atoms with Gasteiger partial charge in [-0.05, 0) is 50.1 Å². The van der Waals surface area contributed by atoms with Gasteiger partial charge in [-0.2, -0.15) is 0 Å². The number of rotatable bonds is 0. The Bertz CT molecular complexity index is 142. The molecular formula is C9H16BN. The van der Waals surface area contributed by atoms with E-state index in [1.807, 2.05) is 4.81 Å². The quantitative estimate of drug-likeness (QED) is 0.472. The zero-order chi connectivity index (χ0) is 7.90. The molecule has 60 valence electrons. The van der Waals surface area contributed by atoms with E-state index in [1.54, 1.807) is 0 Å². The molecule has 0 N–H and O–H groups in total. The van der Waals surface area contributed by atoms with Gasteiger partial charge < -0.3 is 4.81 Å². The van der Waals surface area contributed by atoms with Crippen LogP contribution in [0.15, 0.2) is 0 Å². The van der Waals surface area contributed by atoms with E-state index in [1.165, 1.54) is 25.7 Å². The first-order chi connectivity index (χ1) is 5.20. The van der Waals surface area contributed by atoms with Crippen LogP contribution in [0.25, 0.3) is 0 Å². The summed E-state index contributed by atoms with van der Waals surface area (Å²) in [5, 5.41) is 0. The van der Waals surface area contributed by atoms with Crippen molar-refractivity contribution in [1.29, 1.82) is 0 Å². The maximum absolute atomic E-state index is 5.70. The molecule has 2 radical (unpaired) electrons. The molecule has 1 saturated heterocycles. The van der Waals surface area contributed by atoms with Crippen LogP contribution >= 0.6 is 0 Å². The molecule has 1 saturated carbocycles. The molecule has 2 rings (SSSR count). The summed E-state index contributed by atoms with van der Waals surface area (Å²) in [6.45, 7) is 4.60. The maximum Gasteiger partial charge on any atom is 0.182 e. The summed E-state index contributed by atoms with van der Waals surface area (Å²) < 4.78 is 0. The standard InChI is InChI=1S/C9H16BN/c1-8-6-9(7-8)2-4-11(10)5-3-9/h8H,2-7H2,1H3. The van der Waals surface area contributed by atoms with Crippen molar-refractivity contribution in [1.82, 2.24) is 4.81 Å². The molecule has 1 aliphatic carbocycles. The van der Waals surface area contributed by atoms with Crippen LogP contribution in [-0.2, 0) is 0 Å². The van der Waals surface area contributed by atoms with Gasteiger partial charge in [0.25, 0.3) is 0 Å². The minimum absolute atomic E-state index is 0.731. The molecule has 0 atom stereocenters. The van der Waals surface area contributed by atoms with Crippen molar-refractivity contribution in [3.63, 3.8) is 0 Å². The van der Waals surface area contributed by atoms with Gasteiger partial charge in [0.1, 0.15) is 0 Å². The second-order valence-electron chi connectivity index (χ2n) is 4.55. The van der Waals surface area contributed by atoms with Gasteiger partial charge in [-0.1, -0.05) is 6.92 Å². The molecule has 11 heavy (non-hydrogen) atoms. The van der Waals surface area contributed by atoms with Gasteiger partial charge in [0.2, 0.25) is 0 Å². The summed E-state index contributed by atoms with van der Waals surface area (Å²) in [6, 6.07) is 0. The summed E-state index contributed by atoms with van der Waals surface area (Å²) in [4.78, 5) is 1.97. The highest BCUT2D eigenvalue weighted by Crippen LogP contribution is 2.51. The Morgan fingerprint density at radius 2 is 1.82 bits per heavy atom. The third-order valence-electron chi connectivity index (χ3n) is 3.42. The van der Waals surface area contributed by atoms with Gasteiger partial charge >= 0.3 is 0 Å². The van der Waals surface area contributed by atoms with Crippen LogP contribution in [-0.4, -0.2) is 25.9 Å². The van der Waals surface area contributed by atoms with Crippen molar-refractivity contribution in [3.05, 3.63) is 0 Å². The first-order valence-electron chi connectivity index (χ1n) is 4.70. The SMILES string of the molecule is [B]N1CCC2(CC1)CC(C)C2. The molecule has 1 heterocycles. The zero-order valence-corrected chi connectivity index (χ0v) is 7.34. The molecule has 1 spiro atoms. The molecule has 0 aromatic carbocycles. The fraction of sp³-hybridized carbons (Fsp3) is 1.00. The molecule has 2 aliphatic rings. The van der Waals surface area contributed by atoms with Crippen LogP contribution in [0.3, 0.4) is 0 Å². The zero-order valence-electron chi connectivity index (χ0n) is 7.34. The normalized spacial score (nSPS) is 32.1. The van der Waals surface area contributed by atoms with Crippen LogP contribution in [0.4, 0.5) is 0 Å². The highest BCUT2D eigenvalue weighted by atomic mass is 15.0. The Labute approximate surface area is 70.6 Å². The topological polar surface area (TPSA) is 3.24 Å². The van der Waals surface area contributed by atoms with Crippen molar-refractivity contribution in [3.8, 4) is 0 Å². The highest BCUT2D eigenvalue weighted by Gasteiger charge is 2.42. The van der Waals surface area contributed by atoms with Crippen molar-refractivity contribution >= 4 is 7.98 Å². The molecule has 0 amide bonds. The van der Waals surface area contributed by atoms with Gasteiger partial charge in [0.15, 0.2) is 7.98 Å². The minimum Gasteiger partial charge on any atom is -0.353 e. The molecule has 0 aromatic heterocycles. The van der Waals surface area contributed by atoms with Crippen molar-refractivity contribution in [2.45, 2.75) is 32.6 Å². The lowest BCUT2D eigenvalue weighted by atomic mass is 9.58. The van der Waals surface area contributed by atoms with E-state index < -0.39 is 0 Å². The molecule has 0 unspecified atom stereocenters. The van der Waals surface area contributed by atoms with Crippen LogP contribution in [0.5, 0.6) is 0 Å². The van der Waals surface area contributed by atoms with E-state index in [0.717, 1.165) is 24.4 Å². The maximum atomic E-state index is 5.70. The lowest BCUT2D eigenvalue weighted by molar-refractivity contribution is 0.0136. The van der Waals surface area contributed by atoms with Crippen molar-refractivity contribution in [2.75, 3.05) is 13.1 Å². The predicted octanol–water partition coefficient (Wildman–Crippen LogP) is 1.58. The van der Waals surface area contributed by atoms with E-state index in [-0.39, 0.29) is 0 Å². The van der Waals surface area contributed by atoms with E-state index in [9.17, 15) is 0 Å². The summed E-state index contributed by atoms with van der Waals surface area (Å²) in [5.74, 6) is 0.985. The van der Waals surface area contributed by atoms with Gasteiger partial charge in [0, 0.05) is 0 Å². The molecule has 0 aromatic rings. The second-order valence-corrected chi connectivity index (χ2v) is 4.55. The van der Waals surface area contributed by atoms with E-state index in [0.29, 0.717) is 0 Å². The highest BCUT2D eigenvalue weighted by molar-refractivity contribution is 6.04. The molecule has 2 heteroatoms. The third-order valence-corrected chi connectivity index (χ3v) is 3.42. The van der Waals surface area contributed by atoms with Crippen LogP contribution in [0.2, 0.25) is 0 Å². The first kappa shape index (κ1) is 7.66. The lowest BCUT2D eigenvalue weighted by Gasteiger charge is -2.51. The Hall–Kier alpha value is 0.0249. The van der Waals surface area contributed by atoms with Crippen molar-refractivity contribution < 1.29 is 0 Å². The summed E-state index contributed by atoms with van der Waals surface area (Å²) >= 11 is 0. The number of hydrogen-bond acceptors (Lipinski definition) is 1. The average molecular weight is 149 g/mol. The van der Waals surface area contributed by atoms with Crippen LogP contribution in [0.1, 0.15) is 32.6 Å². The third kappa shape index (κ3) is 1.33. The molecule has 1 aliphatic heterocycles. The molecule has 2 fully saturated rings. The Balaban J connectivity index is 1.88. The summed E-state index contributed by atoms with van der Waals surface area (Å²) in [5.41, 5.74) is 0.731. The monoisotopic (exact) mass is 149 g/mol. The minimum atomic E-state index is 0.731. The first-order valence-corrected chi connectivity index (χ1v) is 4.70. The predicted molar refractivity (Wildman–Crippen MR) is 47.4 cm³/mol.